The summed E-state index contributed by atoms with van der Waals surface area (Å²) >= 11 is 0. The van der Waals surface area contributed by atoms with Gasteiger partial charge in [-0.2, -0.15) is 0 Å². The maximum absolute atomic E-state index is 4.87. The molecule has 7 heteroatoms. The van der Waals surface area contributed by atoms with E-state index in [0.29, 0.717) is 5.65 Å². The summed E-state index contributed by atoms with van der Waals surface area (Å²) < 4.78 is 6.90. The SMILES string of the molecule is Cn1c(-c2cc(-n3c4c5ccccc5ccc4c4ccc5c(c6ccc7ccccc7c6n5-c5ccccc5)c43)ccn2)nc2ncncc21. The summed E-state index contributed by atoms with van der Waals surface area (Å²) in [5, 5.41) is 9.67. The fraction of sp³-hybridized carbons (Fsp3) is 0.0233. The van der Waals surface area contributed by atoms with Gasteiger partial charge < -0.3 is 13.7 Å². The number of aryl methyl sites for hydroxylation is 1. The van der Waals surface area contributed by atoms with Crippen LogP contribution in [0.1, 0.15) is 0 Å². The van der Waals surface area contributed by atoms with E-state index in [1.54, 1.807) is 6.20 Å². The second kappa shape index (κ2) is 10.1. The minimum absolute atomic E-state index is 0.648. The van der Waals surface area contributed by atoms with Crippen molar-refractivity contribution < 1.29 is 0 Å². The first-order valence-electron chi connectivity index (χ1n) is 16.7. The van der Waals surface area contributed by atoms with Gasteiger partial charge in [0.05, 0.1) is 34.0 Å². The molecule has 7 nitrogen and oxygen atoms in total. The third-order valence-corrected chi connectivity index (χ3v) is 10.2. The Balaban J connectivity index is 1.34. The second-order valence-electron chi connectivity index (χ2n) is 12.9. The summed E-state index contributed by atoms with van der Waals surface area (Å²) in [6, 6.07) is 46.0. The molecule has 0 saturated carbocycles. The topological polar surface area (TPSA) is 66.3 Å². The largest absolute Gasteiger partial charge is 0.323 e. The van der Waals surface area contributed by atoms with E-state index in [-0.39, 0.29) is 0 Å². The summed E-state index contributed by atoms with van der Waals surface area (Å²) in [7, 11) is 1.99. The standard InChI is InChI=1S/C43H27N7/c1-48-37-24-44-25-46-42(37)47-43(48)35-23-29(21-22-45-35)50-39-30-13-7-5-9-26(30)15-17-32(39)33-19-20-36-38(41(33)50)34-18-16-27-10-6-8-14-31(27)40(34)49(36)28-11-3-2-4-12-28/h2-25H,1H3. The molecule has 6 aromatic carbocycles. The summed E-state index contributed by atoms with van der Waals surface area (Å²) in [6.07, 6.45) is 5.22. The van der Waals surface area contributed by atoms with Crippen molar-refractivity contribution in [2.24, 2.45) is 7.05 Å². The van der Waals surface area contributed by atoms with E-state index in [4.69, 9.17) is 9.97 Å². The number of pyridine rings is 1. The highest BCUT2D eigenvalue weighted by atomic mass is 15.1. The zero-order valence-corrected chi connectivity index (χ0v) is 27.0. The lowest BCUT2D eigenvalue weighted by Crippen LogP contribution is -1.99. The number of hydrogen-bond acceptors (Lipinski definition) is 4. The maximum Gasteiger partial charge on any atom is 0.181 e. The number of fused-ring (bicyclic) bond motifs is 12. The van der Waals surface area contributed by atoms with Gasteiger partial charge in [-0.05, 0) is 41.1 Å². The average Bonchev–Trinajstić information content (AvgIpc) is 3.83. The molecule has 0 saturated heterocycles. The number of para-hydroxylation sites is 1. The number of benzene rings is 6. The van der Waals surface area contributed by atoms with E-state index in [1.165, 1.54) is 60.5 Å². The van der Waals surface area contributed by atoms with Gasteiger partial charge >= 0.3 is 0 Å². The third kappa shape index (κ3) is 3.63. The van der Waals surface area contributed by atoms with Gasteiger partial charge in [-0.25, -0.2) is 15.0 Å². The fourth-order valence-electron chi connectivity index (χ4n) is 8.07. The average molecular weight is 642 g/mol. The lowest BCUT2D eigenvalue weighted by Gasteiger charge is -2.12. The van der Waals surface area contributed by atoms with Crippen LogP contribution >= 0.6 is 0 Å². The Morgan fingerprint density at radius 1 is 0.520 bits per heavy atom. The van der Waals surface area contributed by atoms with Crippen molar-refractivity contribution in [3.05, 3.63) is 146 Å². The van der Waals surface area contributed by atoms with E-state index in [1.807, 2.05) is 17.8 Å². The van der Waals surface area contributed by atoms with Crippen molar-refractivity contribution in [2.45, 2.75) is 0 Å². The molecule has 5 aromatic heterocycles. The molecule has 11 aromatic rings. The molecular weight excluding hydrogens is 615 g/mol. The molecule has 0 spiro atoms. The van der Waals surface area contributed by atoms with Gasteiger partial charge in [-0.1, -0.05) is 97.1 Å². The minimum atomic E-state index is 0.648. The van der Waals surface area contributed by atoms with E-state index < -0.39 is 0 Å². The molecule has 0 N–H and O–H groups in total. The predicted octanol–water partition coefficient (Wildman–Crippen LogP) is 9.93. The Kier molecular flexibility index (Phi) is 5.47. The van der Waals surface area contributed by atoms with Crippen LogP contribution in [-0.2, 0) is 7.05 Å². The van der Waals surface area contributed by atoms with E-state index in [9.17, 15) is 0 Å². The molecule has 0 aliphatic carbocycles. The van der Waals surface area contributed by atoms with Crippen molar-refractivity contribution in [3.63, 3.8) is 0 Å². The molecule has 234 valence electrons. The number of nitrogens with zero attached hydrogens (tertiary/aromatic N) is 7. The Morgan fingerprint density at radius 2 is 1.20 bits per heavy atom. The van der Waals surface area contributed by atoms with Crippen molar-refractivity contribution in [1.29, 1.82) is 0 Å². The highest BCUT2D eigenvalue weighted by Crippen LogP contribution is 2.45. The van der Waals surface area contributed by atoms with Crippen LogP contribution in [0.3, 0.4) is 0 Å². The zero-order valence-electron chi connectivity index (χ0n) is 27.0. The van der Waals surface area contributed by atoms with Gasteiger partial charge in [0.2, 0.25) is 0 Å². The van der Waals surface area contributed by atoms with Crippen LogP contribution in [-0.4, -0.2) is 33.6 Å². The van der Waals surface area contributed by atoms with Crippen molar-refractivity contribution in [3.8, 4) is 22.9 Å². The molecule has 0 aliphatic rings. The molecular formula is C43H27N7. The lowest BCUT2D eigenvalue weighted by molar-refractivity contribution is 0.946. The number of aromatic nitrogens is 7. The van der Waals surface area contributed by atoms with Crippen molar-refractivity contribution in [1.82, 2.24) is 33.6 Å². The molecule has 0 fully saturated rings. The number of imidazole rings is 1. The first-order valence-corrected chi connectivity index (χ1v) is 16.7. The second-order valence-corrected chi connectivity index (χ2v) is 12.9. The molecule has 0 unspecified atom stereocenters. The highest BCUT2D eigenvalue weighted by Gasteiger charge is 2.23. The Bertz CT molecular complexity index is 3170. The fourth-order valence-corrected chi connectivity index (χ4v) is 8.07. The van der Waals surface area contributed by atoms with Crippen LogP contribution < -0.4 is 0 Å². The van der Waals surface area contributed by atoms with Crippen LogP contribution in [0.2, 0.25) is 0 Å². The first-order chi connectivity index (χ1) is 24.7. The quantitative estimate of drug-likeness (QED) is 0.193. The van der Waals surface area contributed by atoms with E-state index in [2.05, 4.69) is 146 Å². The minimum Gasteiger partial charge on any atom is -0.323 e. The van der Waals surface area contributed by atoms with E-state index in [0.717, 1.165) is 39.4 Å². The lowest BCUT2D eigenvalue weighted by atomic mass is 10.0. The summed E-state index contributed by atoms with van der Waals surface area (Å²) in [6.45, 7) is 0. The summed E-state index contributed by atoms with van der Waals surface area (Å²) in [5.41, 5.74) is 9.11. The molecule has 50 heavy (non-hydrogen) atoms. The van der Waals surface area contributed by atoms with Crippen LogP contribution in [0.25, 0.3) is 99.2 Å². The van der Waals surface area contributed by atoms with Gasteiger partial charge in [0.1, 0.15) is 17.5 Å². The molecule has 0 atom stereocenters. The van der Waals surface area contributed by atoms with Crippen LogP contribution in [0.5, 0.6) is 0 Å². The van der Waals surface area contributed by atoms with E-state index >= 15 is 0 Å². The Labute approximate surface area is 285 Å². The molecule has 0 aliphatic heterocycles. The smallest absolute Gasteiger partial charge is 0.181 e. The molecule has 0 radical (unpaired) electrons. The number of hydrogen-bond donors (Lipinski definition) is 0. The Morgan fingerprint density at radius 3 is 1.98 bits per heavy atom. The van der Waals surface area contributed by atoms with Crippen molar-refractivity contribution in [2.75, 3.05) is 0 Å². The zero-order chi connectivity index (χ0) is 32.9. The van der Waals surface area contributed by atoms with Gasteiger partial charge in [0.25, 0.3) is 0 Å². The van der Waals surface area contributed by atoms with Gasteiger partial charge in [-0.3, -0.25) is 4.98 Å². The molecule has 0 bridgehead atoms. The van der Waals surface area contributed by atoms with Crippen LogP contribution in [0.4, 0.5) is 0 Å². The normalized spacial score (nSPS) is 12.1. The predicted molar refractivity (Wildman–Crippen MR) is 203 cm³/mol. The van der Waals surface area contributed by atoms with Gasteiger partial charge in [0.15, 0.2) is 11.5 Å². The Hall–Kier alpha value is -6.86. The maximum atomic E-state index is 4.87. The van der Waals surface area contributed by atoms with Crippen LogP contribution in [0, 0.1) is 0 Å². The molecule has 0 amide bonds. The molecule has 5 heterocycles. The summed E-state index contributed by atoms with van der Waals surface area (Å²) in [5.74, 6) is 0.741. The van der Waals surface area contributed by atoms with Gasteiger partial charge in [0, 0.05) is 51.2 Å². The highest BCUT2D eigenvalue weighted by molar-refractivity contribution is 6.30. The van der Waals surface area contributed by atoms with Crippen molar-refractivity contribution >= 4 is 76.3 Å². The summed E-state index contributed by atoms with van der Waals surface area (Å²) in [4.78, 5) is 18.4. The third-order valence-electron chi connectivity index (χ3n) is 10.2. The van der Waals surface area contributed by atoms with Gasteiger partial charge in [-0.15, -0.1) is 0 Å². The first kappa shape index (κ1) is 27.1. The van der Waals surface area contributed by atoms with Crippen LogP contribution in [0.15, 0.2) is 146 Å². The number of rotatable bonds is 3. The molecule has 11 rings (SSSR count). The monoisotopic (exact) mass is 641 g/mol.